The number of aromatic nitrogens is 2. The Labute approximate surface area is 172 Å². The lowest BCUT2D eigenvalue weighted by Gasteiger charge is -2.30. The smallest absolute Gasteiger partial charge is 0.163 e. The van der Waals surface area contributed by atoms with Gasteiger partial charge in [-0.15, -0.1) is 0 Å². The van der Waals surface area contributed by atoms with Crippen LogP contribution in [-0.4, -0.2) is 46.1 Å². The molecule has 6 nitrogen and oxygen atoms in total. The number of rotatable bonds is 5. The van der Waals surface area contributed by atoms with Crippen LogP contribution in [0.3, 0.4) is 0 Å². The summed E-state index contributed by atoms with van der Waals surface area (Å²) in [4.78, 5) is 8.51. The first-order chi connectivity index (χ1) is 14.5. The summed E-state index contributed by atoms with van der Waals surface area (Å²) in [5.41, 5.74) is 1.44. The molecule has 1 aromatic heterocycles. The summed E-state index contributed by atoms with van der Waals surface area (Å²) in [5, 5.41) is 20.1. The van der Waals surface area contributed by atoms with Crippen molar-refractivity contribution in [1.82, 2.24) is 9.97 Å². The van der Waals surface area contributed by atoms with Crippen LogP contribution in [0.15, 0.2) is 36.7 Å². The fourth-order valence-corrected chi connectivity index (χ4v) is 3.78. The molecule has 1 aliphatic carbocycles. The van der Waals surface area contributed by atoms with Crippen molar-refractivity contribution in [3.63, 3.8) is 0 Å². The van der Waals surface area contributed by atoms with Gasteiger partial charge in [0.15, 0.2) is 23.1 Å². The van der Waals surface area contributed by atoms with E-state index in [0.29, 0.717) is 53.1 Å². The molecule has 1 fully saturated rings. The van der Waals surface area contributed by atoms with E-state index in [4.69, 9.17) is 9.47 Å². The molecule has 1 saturated carbocycles. The van der Waals surface area contributed by atoms with Crippen molar-refractivity contribution in [2.75, 3.05) is 13.7 Å². The highest BCUT2D eigenvalue weighted by atomic mass is 19.2. The summed E-state index contributed by atoms with van der Waals surface area (Å²) >= 11 is 0. The summed E-state index contributed by atoms with van der Waals surface area (Å²) in [6, 6.07) is 7.04. The lowest BCUT2D eigenvalue weighted by molar-refractivity contribution is -0.0317. The zero-order chi connectivity index (χ0) is 21.3. The summed E-state index contributed by atoms with van der Waals surface area (Å²) in [7, 11) is 1.51. The Hall–Kier alpha value is -2.84. The molecular weight excluding hydrogens is 394 g/mol. The lowest BCUT2D eigenvalue weighted by Crippen LogP contribution is -2.35. The summed E-state index contributed by atoms with van der Waals surface area (Å²) in [6.07, 6.45) is 1.71. The number of benzene rings is 2. The normalized spacial score (nSPS) is 21.6. The van der Waals surface area contributed by atoms with E-state index in [0.717, 1.165) is 18.6 Å². The number of hydrogen-bond acceptors (Lipinski definition) is 6. The third-order valence-electron chi connectivity index (χ3n) is 5.48. The van der Waals surface area contributed by atoms with Crippen molar-refractivity contribution < 1.29 is 28.5 Å². The monoisotopic (exact) mass is 416 g/mol. The topological polar surface area (TPSA) is 84.7 Å². The highest BCUT2D eigenvalue weighted by molar-refractivity contribution is 5.94. The van der Waals surface area contributed by atoms with Gasteiger partial charge in [-0.25, -0.2) is 18.7 Å². The molecule has 1 heterocycles. The molecule has 4 rings (SSSR count). The molecule has 0 bridgehead atoms. The van der Waals surface area contributed by atoms with Gasteiger partial charge in [-0.1, -0.05) is 0 Å². The Morgan fingerprint density at radius 2 is 1.83 bits per heavy atom. The largest absolute Gasteiger partial charge is 0.493 e. The molecule has 0 spiro atoms. The van der Waals surface area contributed by atoms with Gasteiger partial charge in [-0.05, 0) is 49.4 Å². The summed E-state index contributed by atoms with van der Waals surface area (Å²) in [5.74, 6) is -0.818. The number of fused-ring (bicyclic) bond motifs is 1. The highest BCUT2D eigenvalue weighted by Gasteiger charge is 2.28. The Morgan fingerprint density at radius 1 is 1.00 bits per heavy atom. The van der Waals surface area contributed by atoms with Crippen LogP contribution in [-0.2, 0) is 0 Å². The third-order valence-corrected chi connectivity index (χ3v) is 5.48. The minimum absolute atomic E-state index is 0.118. The fraction of sp³-hybridized carbons (Fsp3) is 0.364. The van der Waals surface area contributed by atoms with Crippen LogP contribution in [0.1, 0.15) is 19.3 Å². The van der Waals surface area contributed by atoms with E-state index in [1.165, 1.54) is 19.5 Å². The van der Waals surface area contributed by atoms with Crippen LogP contribution in [0, 0.1) is 17.6 Å². The molecule has 0 amide bonds. The molecule has 158 valence electrons. The van der Waals surface area contributed by atoms with E-state index in [-0.39, 0.29) is 5.92 Å². The summed E-state index contributed by atoms with van der Waals surface area (Å²) in [6.45, 7) is 0.368. The minimum atomic E-state index is -0.953. The van der Waals surface area contributed by atoms with E-state index in [9.17, 15) is 19.0 Å². The van der Waals surface area contributed by atoms with Crippen molar-refractivity contribution in [3.05, 3.63) is 48.3 Å². The van der Waals surface area contributed by atoms with E-state index < -0.39 is 23.8 Å². The number of ether oxygens (including phenoxy) is 2. The van der Waals surface area contributed by atoms with Gasteiger partial charge in [0.25, 0.3) is 0 Å². The number of aliphatic hydroxyl groups is 2. The van der Waals surface area contributed by atoms with Gasteiger partial charge in [0.2, 0.25) is 0 Å². The molecular formula is C22H22F2N2O4. The quantitative estimate of drug-likeness (QED) is 0.663. The average molecular weight is 416 g/mol. The van der Waals surface area contributed by atoms with Gasteiger partial charge in [-0.2, -0.15) is 0 Å². The first-order valence-electron chi connectivity index (χ1n) is 9.73. The standard InChI is InChI=1S/C22H22F2N2O4/c1-29-20-8-14-17(9-21(20)30-10-12-2-5-18(27)19(28)6-12)25-11-26-22(14)13-3-4-15(23)16(24)7-13/h3-4,7-9,11-12,18-19,27-28H,2,5-6,10H2,1H3. The molecule has 2 N–H and O–H groups in total. The zero-order valence-corrected chi connectivity index (χ0v) is 16.4. The molecule has 3 aromatic rings. The zero-order valence-electron chi connectivity index (χ0n) is 16.4. The van der Waals surface area contributed by atoms with Crippen molar-refractivity contribution in [3.8, 4) is 22.8 Å². The van der Waals surface area contributed by atoms with E-state index >= 15 is 0 Å². The van der Waals surface area contributed by atoms with Gasteiger partial charge in [0.05, 0.1) is 37.1 Å². The molecule has 3 unspecified atom stereocenters. The van der Waals surface area contributed by atoms with Crippen LogP contribution >= 0.6 is 0 Å². The first kappa shape index (κ1) is 20.4. The number of halogens is 2. The minimum Gasteiger partial charge on any atom is -0.493 e. The maximum Gasteiger partial charge on any atom is 0.163 e. The number of nitrogens with zero attached hydrogens (tertiary/aromatic N) is 2. The third kappa shape index (κ3) is 4.06. The number of aliphatic hydroxyl groups excluding tert-OH is 2. The van der Waals surface area contributed by atoms with Gasteiger partial charge in [0.1, 0.15) is 6.33 Å². The van der Waals surface area contributed by atoms with Gasteiger partial charge < -0.3 is 19.7 Å². The Bertz CT molecular complexity index is 1060. The van der Waals surface area contributed by atoms with Crippen molar-refractivity contribution in [2.24, 2.45) is 5.92 Å². The van der Waals surface area contributed by atoms with Crippen LogP contribution in [0.4, 0.5) is 8.78 Å². The molecule has 3 atom stereocenters. The molecule has 2 aromatic carbocycles. The first-order valence-corrected chi connectivity index (χ1v) is 9.73. The van der Waals surface area contributed by atoms with Crippen LogP contribution in [0.25, 0.3) is 22.2 Å². The second kappa shape index (κ2) is 8.49. The van der Waals surface area contributed by atoms with E-state index in [2.05, 4.69) is 9.97 Å². The van der Waals surface area contributed by atoms with Crippen molar-refractivity contribution in [1.29, 1.82) is 0 Å². The van der Waals surface area contributed by atoms with Gasteiger partial charge in [0, 0.05) is 17.0 Å². The Morgan fingerprint density at radius 3 is 2.57 bits per heavy atom. The van der Waals surface area contributed by atoms with Gasteiger partial charge >= 0.3 is 0 Å². The molecule has 30 heavy (non-hydrogen) atoms. The van der Waals surface area contributed by atoms with Gasteiger partial charge in [-0.3, -0.25) is 0 Å². The molecule has 0 radical (unpaired) electrons. The number of methoxy groups -OCH3 is 1. The predicted octanol–water partition coefficient (Wildman–Crippen LogP) is 3.48. The van der Waals surface area contributed by atoms with Crippen molar-refractivity contribution in [2.45, 2.75) is 31.5 Å². The van der Waals surface area contributed by atoms with Crippen LogP contribution in [0.5, 0.6) is 11.5 Å². The maximum absolute atomic E-state index is 13.7. The van der Waals surface area contributed by atoms with Crippen molar-refractivity contribution >= 4 is 10.9 Å². The Balaban J connectivity index is 1.63. The van der Waals surface area contributed by atoms with E-state index in [1.54, 1.807) is 12.1 Å². The molecule has 1 aliphatic rings. The lowest BCUT2D eigenvalue weighted by atomic mass is 9.86. The fourth-order valence-electron chi connectivity index (χ4n) is 3.78. The SMILES string of the molecule is COc1cc2c(-c3ccc(F)c(F)c3)ncnc2cc1OCC1CCC(O)C(O)C1. The second-order valence-electron chi connectivity index (χ2n) is 7.50. The predicted molar refractivity (Wildman–Crippen MR) is 106 cm³/mol. The molecule has 0 aliphatic heterocycles. The van der Waals surface area contributed by atoms with Crippen LogP contribution < -0.4 is 9.47 Å². The highest BCUT2D eigenvalue weighted by Crippen LogP contribution is 2.36. The second-order valence-corrected chi connectivity index (χ2v) is 7.50. The average Bonchev–Trinajstić information content (AvgIpc) is 2.75. The number of hydrogen-bond donors (Lipinski definition) is 2. The Kier molecular flexibility index (Phi) is 5.78. The van der Waals surface area contributed by atoms with E-state index in [1.807, 2.05) is 0 Å². The molecule has 0 saturated heterocycles. The maximum atomic E-state index is 13.7. The molecule has 8 heteroatoms. The summed E-state index contributed by atoms with van der Waals surface area (Å²) < 4.78 is 38.4. The van der Waals surface area contributed by atoms with Crippen LogP contribution in [0.2, 0.25) is 0 Å².